The second-order valence-corrected chi connectivity index (χ2v) is 4.30. The summed E-state index contributed by atoms with van der Waals surface area (Å²) in [4.78, 5) is 11.7. The Balaban J connectivity index is 1.92. The second-order valence-electron chi connectivity index (χ2n) is 4.30. The average Bonchev–Trinajstić information content (AvgIpc) is 2.79. The maximum atomic E-state index is 11.7. The van der Waals surface area contributed by atoms with Gasteiger partial charge in [-0.25, -0.2) is 0 Å². The van der Waals surface area contributed by atoms with Crippen LogP contribution in [0, 0.1) is 11.3 Å². The molecule has 0 saturated carbocycles. The number of benzene rings is 1. The number of fused-ring (bicyclic) bond motifs is 2. The fourth-order valence-electron chi connectivity index (χ4n) is 2.24. The number of carbonyl (C=O) groups excluding carboxylic acids is 1. The van der Waals surface area contributed by atoms with Gasteiger partial charge in [0.2, 0.25) is 0 Å². The molecule has 4 heteroatoms. The van der Waals surface area contributed by atoms with Crippen LogP contribution in [0.15, 0.2) is 17.7 Å². The van der Waals surface area contributed by atoms with Crippen LogP contribution in [0.1, 0.15) is 17.5 Å². The lowest BCUT2D eigenvalue weighted by molar-refractivity contribution is -0.114. The molecule has 90 valence electrons. The van der Waals surface area contributed by atoms with E-state index >= 15 is 0 Å². The normalized spacial score (nSPS) is 15.6. The number of hydrogen-bond acceptors (Lipinski definition) is 4. The highest BCUT2D eigenvalue weighted by Crippen LogP contribution is 2.37. The van der Waals surface area contributed by atoms with E-state index in [1.807, 2.05) is 24.3 Å². The Morgan fingerprint density at radius 2 is 2.00 bits per heavy atom. The fraction of sp³-hybridized carbons (Fsp3) is 0.286. The SMILES string of the molecule is N#CCC(=O)C1=Cc2cc3c(cc2C1)OCCO3. The maximum Gasteiger partial charge on any atom is 0.173 e. The summed E-state index contributed by atoms with van der Waals surface area (Å²) in [6, 6.07) is 5.71. The summed E-state index contributed by atoms with van der Waals surface area (Å²) >= 11 is 0. The third-order valence-corrected chi connectivity index (χ3v) is 3.11. The molecule has 18 heavy (non-hydrogen) atoms. The van der Waals surface area contributed by atoms with E-state index in [0.29, 0.717) is 25.2 Å². The first-order chi connectivity index (χ1) is 8.78. The van der Waals surface area contributed by atoms with Crippen LogP contribution in [0.25, 0.3) is 6.08 Å². The second kappa shape index (κ2) is 4.19. The van der Waals surface area contributed by atoms with Crippen LogP contribution in [0.4, 0.5) is 0 Å². The monoisotopic (exact) mass is 241 g/mol. The molecule has 1 aromatic rings. The number of Topliss-reactive ketones (excluding diaryl/α,β-unsaturated/α-hetero) is 1. The molecule has 0 saturated heterocycles. The summed E-state index contributed by atoms with van der Waals surface area (Å²) in [5.41, 5.74) is 2.73. The van der Waals surface area contributed by atoms with Crippen LogP contribution in [0.5, 0.6) is 11.5 Å². The molecule has 0 bridgehead atoms. The number of allylic oxidation sites excluding steroid dienone is 1. The number of nitriles is 1. The lowest BCUT2D eigenvalue weighted by atomic mass is 10.1. The molecule has 0 radical (unpaired) electrons. The lowest BCUT2D eigenvalue weighted by Crippen LogP contribution is -2.15. The Kier molecular flexibility index (Phi) is 2.52. The van der Waals surface area contributed by atoms with Crippen molar-refractivity contribution < 1.29 is 14.3 Å². The van der Waals surface area contributed by atoms with Gasteiger partial charge in [0.05, 0.1) is 12.5 Å². The van der Waals surface area contributed by atoms with Gasteiger partial charge in [-0.3, -0.25) is 4.79 Å². The molecule has 0 atom stereocenters. The standard InChI is InChI=1S/C14H11NO3/c15-2-1-12(16)11-5-9-7-13-14(8-10(9)6-11)18-4-3-17-13/h5,7-8H,1,3-4,6H2. The molecule has 1 aliphatic carbocycles. The van der Waals surface area contributed by atoms with E-state index in [1.165, 1.54) is 0 Å². The highest BCUT2D eigenvalue weighted by molar-refractivity contribution is 6.02. The Labute approximate surface area is 104 Å². The first kappa shape index (κ1) is 10.8. The third-order valence-electron chi connectivity index (χ3n) is 3.11. The number of nitrogens with zero attached hydrogens (tertiary/aromatic N) is 1. The molecule has 2 aliphatic rings. The Morgan fingerprint density at radius 3 is 2.72 bits per heavy atom. The molecule has 1 heterocycles. The largest absolute Gasteiger partial charge is 0.486 e. The summed E-state index contributed by atoms with van der Waals surface area (Å²) in [7, 11) is 0. The van der Waals surface area contributed by atoms with Gasteiger partial charge in [-0.1, -0.05) is 0 Å². The van der Waals surface area contributed by atoms with Gasteiger partial charge < -0.3 is 9.47 Å². The molecule has 3 rings (SSSR count). The van der Waals surface area contributed by atoms with E-state index in [4.69, 9.17) is 14.7 Å². The Hall–Kier alpha value is -2.28. The molecule has 0 fully saturated rings. The average molecular weight is 241 g/mol. The van der Waals surface area contributed by atoms with Crippen LogP contribution in [0.2, 0.25) is 0 Å². The predicted octanol–water partition coefficient (Wildman–Crippen LogP) is 1.88. The van der Waals surface area contributed by atoms with Crippen molar-refractivity contribution in [2.45, 2.75) is 12.8 Å². The minimum Gasteiger partial charge on any atom is -0.486 e. The summed E-state index contributed by atoms with van der Waals surface area (Å²) in [5, 5.41) is 8.55. The van der Waals surface area contributed by atoms with Crippen LogP contribution in [-0.4, -0.2) is 19.0 Å². The molecule has 0 spiro atoms. The number of ketones is 1. The molecular weight excluding hydrogens is 230 g/mol. The molecule has 4 nitrogen and oxygen atoms in total. The highest BCUT2D eigenvalue weighted by Gasteiger charge is 2.22. The number of carbonyl (C=O) groups is 1. The molecule has 0 unspecified atom stereocenters. The van der Waals surface area contributed by atoms with Gasteiger partial charge in [-0.2, -0.15) is 5.26 Å². The van der Waals surface area contributed by atoms with Gasteiger partial charge in [0.15, 0.2) is 17.3 Å². The van der Waals surface area contributed by atoms with Gasteiger partial charge in [0.25, 0.3) is 0 Å². The van der Waals surface area contributed by atoms with Crippen molar-refractivity contribution in [1.82, 2.24) is 0 Å². The molecule has 0 amide bonds. The number of ether oxygens (including phenoxy) is 2. The van der Waals surface area contributed by atoms with Crippen molar-refractivity contribution in [2.24, 2.45) is 0 Å². The molecular formula is C14H11NO3. The Morgan fingerprint density at radius 1 is 1.28 bits per heavy atom. The summed E-state index contributed by atoms with van der Waals surface area (Å²) < 4.78 is 11.0. The lowest BCUT2D eigenvalue weighted by Gasteiger charge is -2.19. The van der Waals surface area contributed by atoms with Gasteiger partial charge >= 0.3 is 0 Å². The predicted molar refractivity (Wildman–Crippen MR) is 64.4 cm³/mol. The zero-order valence-corrected chi connectivity index (χ0v) is 9.73. The zero-order valence-electron chi connectivity index (χ0n) is 9.73. The van der Waals surface area contributed by atoms with Gasteiger partial charge in [0, 0.05) is 12.0 Å². The molecule has 1 aliphatic heterocycles. The van der Waals surface area contributed by atoms with Crippen LogP contribution in [0.3, 0.4) is 0 Å². The first-order valence-corrected chi connectivity index (χ1v) is 5.81. The van der Waals surface area contributed by atoms with Crippen molar-refractivity contribution in [2.75, 3.05) is 13.2 Å². The summed E-state index contributed by atoms with van der Waals surface area (Å²) in [5.74, 6) is 1.36. The van der Waals surface area contributed by atoms with Crippen molar-refractivity contribution in [3.05, 3.63) is 28.8 Å². The third kappa shape index (κ3) is 1.74. The fourth-order valence-corrected chi connectivity index (χ4v) is 2.24. The van der Waals surface area contributed by atoms with E-state index in [0.717, 1.165) is 22.6 Å². The Bertz CT molecular complexity index is 596. The van der Waals surface area contributed by atoms with E-state index < -0.39 is 0 Å². The summed E-state index contributed by atoms with van der Waals surface area (Å²) in [6.07, 6.45) is 2.35. The topological polar surface area (TPSA) is 59.3 Å². The van der Waals surface area contributed by atoms with E-state index in [2.05, 4.69) is 0 Å². The number of hydrogen-bond donors (Lipinski definition) is 0. The van der Waals surface area contributed by atoms with Crippen LogP contribution in [-0.2, 0) is 11.2 Å². The van der Waals surface area contributed by atoms with Crippen molar-refractivity contribution in [1.29, 1.82) is 5.26 Å². The van der Waals surface area contributed by atoms with Gasteiger partial charge in [-0.05, 0) is 29.3 Å². The maximum absolute atomic E-state index is 11.7. The van der Waals surface area contributed by atoms with E-state index in [1.54, 1.807) is 0 Å². The summed E-state index contributed by atoms with van der Waals surface area (Å²) in [6.45, 7) is 1.11. The molecule has 1 aromatic carbocycles. The van der Waals surface area contributed by atoms with Gasteiger partial charge in [0.1, 0.15) is 13.2 Å². The minimum absolute atomic E-state index is 0.0630. The first-order valence-electron chi connectivity index (χ1n) is 5.81. The van der Waals surface area contributed by atoms with Crippen LogP contribution >= 0.6 is 0 Å². The van der Waals surface area contributed by atoms with Gasteiger partial charge in [-0.15, -0.1) is 0 Å². The molecule has 0 N–H and O–H groups in total. The number of rotatable bonds is 2. The minimum atomic E-state index is -0.103. The highest BCUT2D eigenvalue weighted by atomic mass is 16.6. The van der Waals surface area contributed by atoms with E-state index in [9.17, 15) is 4.79 Å². The smallest absolute Gasteiger partial charge is 0.173 e. The van der Waals surface area contributed by atoms with Crippen molar-refractivity contribution >= 4 is 11.9 Å². The van der Waals surface area contributed by atoms with E-state index in [-0.39, 0.29) is 12.2 Å². The quantitative estimate of drug-likeness (QED) is 0.793. The van der Waals surface area contributed by atoms with Crippen molar-refractivity contribution in [3.8, 4) is 17.6 Å². The molecule has 0 aromatic heterocycles. The van der Waals surface area contributed by atoms with Crippen LogP contribution < -0.4 is 9.47 Å². The van der Waals surface area contributed by atoms with Crippen molar-refractivity contribution in [3.63, 3.8) is 0 Å². The zero-order chi connectivity index (χ0) is 12.5.